The second-order valence-electron chi connectivity index (χ2n) is 18.8. The Morgan fingerprint density at radius 1 is 0.205 bits per heavy atom. The van der Waals surface area contributed by atoms with E-state index in [-0.39, 0.29) is 121 Å². The van der Waals surface area contributed by atoms with Gasteiger partial charge >= 0.3 is 0 Å². The Balaban J connectivity index is 0.000000143. The van der Waals surface area contributed by atoms with Crippen molar-refractivity contribution >= 4 is 88.0 Å². The first-order valence-electron chi connectivity index (χ1n) is 38.8. The first-order chi connectivity index (χ1) is 51.5. The van der Waals surface area contributed by atoms with E-state index >= 15 is 0 Å². The summed E-state index contributed by atoms with van der Waals surface area (Å²) in [5, 5.41) is 13.7. The molecule has 394 valence electrons. The van der Waals surface area contributed by atoms with E-state index in [1.807, 2.05) is 91.0 Å². The summed E-state index contributed by atoms with van der Waals surface area (Å²) in [4.78, 5) is 0. The lowest BCUT2D eigenvalue weighted by Gasteiger charge is -2.14. The second-order valence-corrected chi connectivity index (χ2v) is 18.8. The van der Waals surface area contributed by atoms with Crippen LogP contribution in [0, 0.1) is 0 Å². The molecule has 15 aromatic rings. The SMILES string of the molecule is [2H]c1c([2H])c(-c2c([2H])c([2H])c([2H])c3c([2H])c([2H])c([2H])c([2H])c23)c([2H])c([2H])c1Nc1ccccc1.[2H]c1c([2H])c([2H])c2c(-c3ccc(Nc4cc5ccccc5c5ccccc45)cc3)c([2H])c([2H])c([2H])c2c1[2H].[2H]c1c([2H])c([2H])c2c(-c3ccc(Nc4ccc(-c5ccccc5)cc4)cc3)c([2H])c([2H])c([2H])c2c1[2H]. The van der Waals surface area contributed by atoms with Crippen LogP contribution in [-0.2, 0) is 0 Å². The molecule has 0 fully saturated rings. The summed E-state index contributed by atoms with van der Waals surface area (Å²) in [7, 11) is 0. The van der Waals surface area contributed by atoms with Crippen LogP contribution in [-0.4, -0.2) is 0 Å². The Hall–Kier alpha value is -11.0. The van der Waals surface area contributed by atoms with Crippen molar-refractivity contribution in [3.05, 3.63) is 339 Å². The van der Waals surface area contributed by atoms with Gasteiger partial charge in [0.2, 0.25) is 0 Å². The fraction of sp³-hybridized carbons (Fsp3) is 0. The van der Waals surface area contributed by atoms with E-state index in [0.29, 0.717) is 16.8 Å². The van der Waals surface area contributed by atoms with Crippen LogP contribution < -0.4 is 16.0 Å². The van der Waals surface area contributed by atoms with Crippen LogP contribution in [0.1, 0.15) is 34.3 Å². The Morgan fingerprint density at radius 2 is 0.578 bits per heavy atom. The Labute approximate surface area is 520 Å². The molecule has 83 heavy (non-hydrogen) atoms. The van der Waals surface area contributed by atoms with Gasteiger partial charge in [-0.05, 0) is 160 Å². The molecule has 0 heterocycles. The number of nitrogens with one attached hydrogen (secondary N) is 3. The summed E-state index contributed by atoms with van der Waals surface area (Å²) in [6.45, 7) is 0. The highest BCUT2D eigenvalue weighted by molar-refractivity contribution is 6.13. The molecule has 15 rings (SSSR count). The number of hydrogen-bond donors (Lipinski definition) is 3. The average molecular weight is 1090 g/mol. The molecule has 0 aliphatic heterocycles. The highest BCUT2D eigenvalue weighted by Crippen LogP contribution is 2.36. The van der Waals surface area contributed by atoms with Gasteiger partial charge in [0.25, 0.3) is 0 Å². The van der Waals surface area contributed by atoms with Crippen LogP contribution >= 0.6 is 0 Å². The van der Waals surface area contributed by atoms with Crippen LogP contribution in [0.15, 0.2) is 339 Å². The third-order valence-corrected chi connectivity index (χ3v) is 13.5. The molecule has 0 saturated carbocycles. The molecule has 0 spiro atoms. The van der Waals surface area contributed by atoms with Crippen molar-refractivity contribution in [3.8, 4) is 44.5 Å². The summed E-state index contributed by atoms with van der Waals surface area (Å²) in [5.41, 5.74) is 6.91. The van der Waals surface area contributed by atoms with Crippen LogP contribution in [0.2, 0.25) is 0 Å². The molecule has 0 atom stereocenters. The van der Waals surface area contributed by atoms with Crippen molar-refractivity contribution in [3.63, 3.8) is 0 Å². The van der Waals surface area contributed by atoms with Crippen molar-refractivity contribution in [2.24, 2.45) is 0 Å². The van der Waals surface area contributed by atoms with Gasteiger partial charge in [-0.25, -0.2) is 0 Å². The number of hydrogen-bond acceptors (Lipinski definition) is 3. The highest BCUT2D eigenvalue weighted by atomic mass is 14.9. The van der Waals surface area contributed by atoms with Crippen LogP contribution in [0.4, 0.5) is 34.1 Å². The van der Waals surface area contributed by atoms with Gasteiger partial charge in [0.05, 0.1) is 34.3 Å². The van der Waals surface area contributed by atoms with Gasteiger partial charge in [-0.1, -0.05) is 272 Å². The molecule has 3 nitrogen and oxygen atoms in total. The summed E-state index contributed by atoms with van der Waals surface area (Å²) in [6, 6.07) is 48.3. The van der Waals surface area contributed by atoms with E-state index in [1.54, 1.807) is 54.6 Å². The Kier molecular flexibility index (Phi) is 8.89. The van der Waals surface area contributed by atoms with Crippen molar-refractivity contribution in [2.75, 3.05) is 16.0 Å². The molecule has 0 radical (unpaired) electrons. The van der Waals surface area contributed by atoms with Crippen molar-refractivity contribution in [2.45, 2.75) is 0 Å². The highest BCUT2D eigenvalue weighted by Gasteiger charge is 2.10. The predicted molar refractivity (Wildman–Crippen MR) is 358 cm³/mol. The van der Waals surface area contributed by atoms with Gasteiger partial charge in [-0.3, -0.25) is 0 Å². The molecule has 0 unspecified atom stereocenters. The standard InChI is InChI=1S/C30H21N.C28H21N.C22H17N/c1-3-11-25-21(8-1)10-7-15-26(25)22-16-18-24(19-17-22)31-30-20-23-9-2-4-12-27(23)28-13-5-6-14-29(28)30;1-2-7-21(8-3-1)22-13-17-25(18-14-22)29-26-19-15-24(16-20-26)28-12-6-10-23-9-4-5-11-27(23)28;1-2-9-19(10-3-1)23-20-15-13-18(14-16-20)22-12-6-8-17-7-4-5-11-21(17)22/h1-20,31H;1-20,29H;1-16,23H/i1D,3D,7D,8D,10D,11D,15D;4D,5D,6D,9D,10D,11D,12D;4D,5D,6D,7D,8D,11D,12D,13D,14D,15D,16D. The molecule has 0 aliphatic carbocycles. The number of para-hydroxylation sites is 1. The topological polar surface area (TPSA) is 36.1 Å². The van der Waals surface area contributed by atoms with Gasteiger partial charge in [-0.15, -0.1) is 0 Å². The Morgan fingerprint density at radius 3 is 1.11 bits per heavy atom. The summed E-state index contributed by atoms with van der Waals surface area (Å²) in [6.07, 6.45) is 0. The zero-order valence-electron chi connectivity index (χ0n) is 68.9. The molecule has 0 saturated heterocycles. The zero-order valence-corrected chi connectivity index (χ0v) is 43.9. The fourth-order valence-corrected chi connectivity index (χ4v) is 9.52. The summed E-state index contributed by atoms with van der Waals surface area (Å²) in [5.74, 6) is 0. The van der Waals surface area contributed by atoms with Gasteiger partial charge in [-0.2, -0.15) is 0 Å². The smallest absolute Gasteiger partial charge is 0.0645 e. The number of benzene rings is 15. The van der Waals surface area contributed by atoms with E-state index in [4.69, 9.17) is 34.3 Å². The lowest BCUT2D eigenvalue weighted by atomic mass is 9.98. The molecule has 0 aromatic heterocycles. The van der Waals surface area contributed by atoms with Gasteiger partial charge in [0, 0.05) is 39.5 Å². The number of rotatable bonds is 10. The first-order valence-corrected chi connectivity index (χ1v) is 26.3. The minimum absolute atomic E-state index is 0.0438. The van der Waals surface area contributed by atoms with Crippen LogP contribution in [0.5, 0.6) is 0 Å². The zero-order chi connectivity index (χ0) is 77.3. The van der Waals surface area contributed by atoms with Crippen LogP contribution in [0.3, 0.4) is 0 Å². The molecule has 0 amide bonds. The molecule has 0 aliphatic rings. The van der Waals surface area contributed by atoms with Crippen molar-refractivity contribution in [1.82, 2.24) is 0 Å². The third-order valence-electron chi connectivity index (χ3n) is 13.5. The monoisotopic (exact) mass is 1090 g/mol. The number of anilines is 6. The largest absolute Gasteiger partial charge is 0.356 e. The minimum Gasteiger partial charge on any atom is -0.356 e. The van der Waals surface area contributed by atoms with Crippen LogP contribution in [0.25, 0.3) is 98.4 Å². The first kappa shape index (κ1) is 30.5. The molecule has 0 bridgehead atoms. The third kappa shape index (κ3) is 11.7. The maximum atomic E-state index is 8.58. The molecular formula is C80H59N3. The lowest BCUT2D eigenvalue weighted by Crippen LogP contribution is -1.92. The molecular weight excluding hydrogens is 1000 g/mol. The number of fused-ring (bicyclic) bond motifs is 6. The van der Waals surface area contributed by atoms with E-state index in [1.165, 1.54) is 5.39 Å². The van der Waals surface area contributed by atoms with E-state index in [2.05, 4.69) is 58.4 Å². The normalized spacial score (nSPS) is 15.1. The quantitative estimate of drug-likeness (QED) is 0.119. The maximum absolute atomic E-state index is 8.58. The Bertz CT molecular complexity index is 6130. The van der Waals surface area contributed by atoms with E-state index in [0.717, 1.165) is 50.0 Å². The summed E-state index contributed by atoms with van der Waals surface area (Å²) < 4.78 is 207. The predicted octanol–water partition coefficient (Wildman–Crippen LogP) is 22.7. The lowest BCUT2D eigenvalue weighted by molar-refractivity contribution is 1.54. The molecule has 3 N–H and O–H groups in total. The van der Waals surface area contributed by atoms with Gasteiger partial charge in [0.15, 0.2) is 0 Å². The fourth-order valence-electron chi connectivity index (χ4n) is 9.52. The second kappa shape index (κ2) is 24.2. The van der Waals surface area contributed by atoms with Crippen molar-refractivity contribution in [1.29, 1.82) is 0 Å². The maximum Gasteiger partial charge on any atom is 0.0645 e. The van der Waals surface area contributed by atoms with E-state index in [9.17, 15) is 0 Å². The van der Waals surface area contributed by atoms with Gasteiger partial charge in [0.1, 0.15) is 0 Å². The van der Waals surface area contributed by atoms with E-state index < -0.39 is 90.6 Å². The van der Waals surface area contributed by atoms with Gasteiger partial charge < -0.3 is 16.0 Å². The average Bonchev–Trinajstić information content (AvgIpc) is 0.732. The summed E-state index contributed by atoms with van der Waals surface area (Å²) >= 11 is 0. The van der Waals surface area contributed by atoms with Crippen molar-refractivity contribution < 1.29 is 34.3 Å². The molecule has 15 aromatic carbocycles. The minimum atomic E-state index is -0.643. The molecule has 3 heteroatoms.